The van der Waals surface area contributed by atoms with Crippen molar-refractivity contribution in [3.05, 3.63) is 23.2 Å². The van der Waals surface area contributed by atoms with Crippen LogP contribution in [0.4, 0.5) is 8.78 Å². The topological polar surface area (TPSA) is 27.7 Å². The molecule has 0 aromatic carbocycles. The third-order valence-electron chi connectivity index (χ3n) is 6.27. The van der Waals surface area contributed by atoms with Crippen LogP contribution in [-0.2, 0) is 14.2 Å². The predicted octanol–water partition coefficient (Wildman–Crippen LogP) is 6.45. The summed E-state index contributed by atoms with van der Waals surface area (Å²) in [5.41, 5.74) is 0. The second-order valence-corrected chi connectivity index (χ2v) is 7.98. The second-order valence-electron chi connectivity index (χ2n) is 7.98. The summed E-state index contributed by atoms with van der Waals surface area (Å²) in [5, 5.41) is 0. The molecule has 3 nitrogen and oxygen atoms in total. The van der Waals surface area contributed by atoms with Gasteiger partial charge in [0, 0.05) is 12.3 Å². The number of hydrogen-bond acceptors (Lipinski definition) is 3. The molecule has 1 saturated carbocycles. The minimum absolute atomic E-state index is 0.0453. The van der Waals surface area contributed by atoms with Crippen molar-refractivity contribution in [2.24, 2.45) is 17.8 Å². The molecule has 0 spiro atoms. The van der Waals surface area contributed by atoms with E-state index in [1.54, 1.807) is 6.92 Å². The number of halogens is 2. The van der Waals surface area contributed by atoms with Crippen LogP contribution in [0.15, 0.2) is 23.2 Å². The SMILES string of the molecule is CC/C(OCC1CCC(C2CCC(CC)CC2)OC1)=C(F)\C(F)=C(/C)OC. The van der Waals surface area contributed by atoms with Gasteiger partial charge in [0.25, 0.3) is 0 Å². The van der Waals surface area contributed by atoms with Crippen LogP contribution in [-0.4, -0.2) is 26.4 Å². The fourth-order valence-electron chi connectivity index (χ4n) is 4.20. The lowest BCUT2D eigenvalue weighted by atomic mass is 9.76. The maximum absolute atomic E-state index is 14.2. The molecule has 1 aliphatic heterocycles. The first-order valence-corrected chi connectivity index (χ1v) is 10.5. The first-order chi connectivity index (χ1) is 13.0. The molecule has 0 bridgehead atoms. The van der Waals surface area contributed by atoms with Crippen LogP contribution in [0.2, 0.25) is 0 Å². The lowest BCUT2D eigenvalue weighted by Crippen LogP contribution is -2.35. The monoisotopic (exact) mass is 386 g/mol. The molecule has 5 heteroatoms. The highest BCUT2D eigenvalue weighted by Crippen LogP contribution is 2.37. The highest BCUT2D eigenvalue weighted by molar-refractivity contribution is 5.24. The quantitative estimate of drug-likeness (QED) is 0.354. The molecular formula is C22H36F2O3. The number of ether oxygens (including phenoxy) is 3. The van der Waals surface area contributed by atoms with Gasteiger partial charge in [0.05, 0.1) is 26.4 Å². The maximum atomic E-state index is 14.2. The minimum Gasteiger partial charge on any atom is -0.498 e. The summed E-state index contributed by atoms with van der Waals surface area (Å²) in [6, 6.07) is 0. The third-order valence-corrected chi connectivity index (χ3v) is 6.27. The van der Waals surface area contributed by atoms with Gasteiger partial charge in [0.2, 0.25) is 0 Å². The lowest BCUT2D eigenvalue weighted by Gasteiger charge is -2.37. The van der Waals surface area contributed by atoms with Crippen molar-refractivity contribution >= 4 is 0 Å². The Bertz CT molecular complexity index is 514. The van der Waals surface area contributed by atoms with Crippen molar-refractivity contribution < 1.29 is 23.0 Å². The molecule has 0 aromatic rings. The third kappa shape index (κ3) is 6.20. The van der Waals surface area contributed by atoms with Crippen LogP contribution in [0, 0.1) is 17.8 Å². The Kier molecular flexibility index (Phi) is 9.07. The number of methoxy groups -OCH3 is 1. The van der Waals surface area contributed by atoms with Gasteiger partial charge in [-0.1, -0.05) is 33.1 Å². The predicted molar refractivity (Wildman–Crippen MR) is 103 cm³/mol. The molecule has 0 radical (unpaired) electrons. The standard InChI is InChI=1S/C22H36F2O3/c1-5-16-7-10-18(11-8-16)20-12-9-17(14-27-20)13-26-19(6-2)22(24)21(23)15(3)25-4/h16-18,20H,5-14H2,1-4H3/b21-15-,22-19-. The molecule has 1 aliphatic carbocycles. The van der Waals surface area contributed by atoms with E-state index in [4.69, 9.17) is 14.2 Å². The van der Waals surface area contributed by atoms with Crippen molar-refractivity contribution in [2.75, 3.05) is 20.3 Å². The van der Waals surface area contributed by atoms with Crippen molar-refractivity contribution in [3.8, 4) is 0 Å². The first kappa shape index (κ1) is 22.2. The largest absolute Gasteiger partial charge is 0.498 e. The second kappa shape index (κ2) is 11.0. The summed E-state index contributed by atoms with van der Waals surface area (Å²) in [6.45, 7) is 6.44. The van der Waals surface area contributed by atoms with E-state index < -0.39 is 11.7 Å². The average molecular weight is 387 g/mol. The molecule has 2 fully saturated rings. The average Bonchev–Trinajstić information content (AvgIpc) is 2.73. The Balaban J connectivity index is 1.80. The number of rotatable bonds is 8. The Morgan fingerprint density at radius 2 is 1.63 bits per heavy atom. The van der Waals surface area contributed by atoms with Crippen LogP contribution in [0.1, 0.15) is 72.1 Å². The Morgan fingerprint density at radius 1 is 0.963 bits per heavy atom. The smallest absolute Gasteiger partial charge is 0.199 e. The first-order valence-electron chi connectivity index (χ1n) is 10.5. The van der Waals surface area contributed by atoms with Gasteiger partial charge in [0.15, 0.2) is 11.7 Å². The van der Waals surface area contributed by atoms with E-state index >= 15 is 0 Å². The summed E-state index contributed by atoms with van der Waals surface area (Å²) in [7, 11) is 1.32. The normalized spacial score (nSPS) is 31.0. The highest BCUT2D eigenvalue weighted by atomic mass is 19.2. The molecule has 2 aliphatic rings. The molecule has 2 unspecified atom stereocenters. The Labute approximate surface area is 163 Å². The fourth-order valence-corrected chi connectivity index (χ4v) is 4.20. The van der Waals surface area contributed by atoms with Crippen molar-refractivity contribution in [1.29, 1.82) is 0 Å². The molecule has 27 heavy (non-hydrogen) atoms. The van der Waals surface area contributed by atoms with Gasteiger partial charge in [-0.2, -0.15) is 8.78 Å². The number of allylic oxidation sites excluding steroid dienone is 4. The Morgan fingerprint density at radius 3 is 2.15 bits per heavy atom. The van der Waals surface area contributed by atoms with E-state index in [9.17, 15) is 8.78 Å². The van der Waals surface area contributed by atoms with Crippen LogP contribution in [0.5, 0.6) is 0 Å². The summed E-state index contributed by atoms with van der Waals surface area (Å²) >= 11 is 0. The van der Waals surface area contributed by atoms with Crippen LogP contribution >= 0.6 is 0 Å². The van der Waals surface area contributed by atoms with Crippen molar-refractivity contribution in [2.45, 2.75) is 78.2 Å². The van der Waals surface area contributed by atoms with E-state index in [1.165, 1.54) is 46.1 Å². The molecule has 2 rings (SSSR count). The summed E-state index contributed by atoms with van der Waals surface area (Å²) < 4.78 is 44.7. The maximum Gasteiger partial charge on any atom is 0.199 e. The molecule has 156 valence electrons. The van der Waals surface area contributed by atoms with E-state index in [2.05, 4.69) is 6.92 Å². The molecular weight excluding hydrogens is 350 g/mol. The van der Waals surface area contributed by atoms with E-state index in [0.29, 0.717) is 31.7 Å². The molecule has 2 atom stereocenters. The van der Waals surface area contributed by atoms with Crippen LogP contribution < -0.4 is 0 Å². The van der Waals surface area contributed by atoms with E-state index in [1.807, 2.05) is 0 Å². The van der Waals surface area contributed by atoms with Gasteiger partial charge < -0.3 is 14.2 Å². The van der Waals surface area contributed by atoms with Crippen LogP contribution in [0.3, 0.4) is 0 Å². The molecule has 0 amide bonds. The van der Waals surface area contributed by atoms with Gasteiger partial charge >= 0.3 is 0 Å². The zero-order valence-corrected chi connectivity index (χ0v) is 17.4. The molecule has 1 heterocycles. The van der Waals surface area contributed by atoms with Gasteiger partial charge in [-0.05, 0) is 44.4 Å². The van der Waals surface area contributed by atoms with Gasteiger partial charge in [-0.25, -0.2) is 0 Å². The minimum atomic E-state index is -0.989. The molecule has 0 N–H and O–H groups in total. The lowest BCUT2D eigenvalue weighted by molar-refractivity contribution is -0.0702. The Hall–Kier alpha value is -1.10. The summed E-state index contributed by atoms with van der Waals surface area (Å²) in [6.07, 6.45) is 9.24. The summed E-state index contributed by atoms with van der Waals surface area (Å²) in [4.78, 5) is 0. The van der Waals surface area contributed by atoms with E-state index in [0.717, 1.165) is 18.8 Å². The van der Waals surface area contributed by atoms with Gasteiger partial charge in [-0.3, -0.25) is 0 Å². The molecule has 1 saturated heterocycles. The van der Waals surface area contributed by atoms with E-state index in [-0.39, 0.29) is 17.4 Å². The summed E-state index contributed by atoms with van der Waals surface area (Å²) in [5.74, 6) is -0.160. The fraction of sp³-hybridized carbons (Fsp3) is 0.818. The molecule has 0 aromatic heterocycles. The van der Waals surface area contributed by atoms with Crippen LogP contribution in [0.25, 0.3) is 0 Å². The highest BCUT2D eigenvalue weighted by Gasteiger charge is 2.31. The van der Waals surface area contributed by atoms with Gasteiger partial charge in [-0.15, -0.1) is 0 Å². The van der Waals surface area contributed by atoms with Crippen molar-refractivity contribution in [1.82, 2.24) is 0 Å². The van der Waals surface area contributed by atoms with Crippen molar-refractivity contribution in [3.63, 3.8) is 0 Å². The zero-order valence-electron chi connectivity index (χ0n) is 17.4. The number of hydrogen-bond donors (Lipinski definition) is 0. The zero-order chi connectivity index (χ0) is 19.8. The van der Waals surface area contributed by atoms with Gasteiger partial charge in [0.1, 0.15) is 11.5 Å².